The summed E-state index contributed by atoms with van der Waals surface area (Å²) in [4.78, 5) is 14.2. The third-order valence-corrected chi connectivity index (χ3v) is 5.44. The molecule has 158 valence electrons. The third-order valence-electron chi connectivity index (χ3n) is 5.44. The van der Waals surface area contributed by atoms with Gasteiger partial charge >= 0.3 is 0 Å². The van der Waals surface area contributed by atoms with Crippen molar-refractivity contribution in [1.82, 2.24) is 19.5 Å². The Morgan fingerprint density at radius 3 is 2.47 bits per heavy atom. The predicted octanol–water partition coefficient (Wildman–Crippen LogP) is 5.66. The Balaban J connectivity index is 1.64. The van der Waals surface area contributed by atoms with Crippen molar-refractivity contribution in [3.05, 3.63) is 96.8 Å². The van der Waals surface area contributed by atoms with Crippen molar-refractivity contribution in [2.24, 2.45) is 0 Å². The van der Waals surface area contributed by atoms with Crippen molar-refractivity contribution in [3.8, 4) is 22.8 Å². The van der Waals surface area contributed by atoms with E-state index in [1.165, 1.54) is 0 Å². The van der Waals surface area contributed by atoms with Crippen LogP contribution in [0, 0.1) is 0 Å². The monoisotopic (exact) mass is 421 g/mol. The van der Waals surface area contributed by atoms with Crippen molar-refractivity contribution in [2.75, 3.05) is 12.4 Å². The molecule has 2 aromatic heterocycles. The molecule has 0 aliphatic rings. The number of imidazole rings is 1. The number of rotatable bonds is 6. The second-order valence-corrected chi connectivity index (χ2v) is 7.52. The molecule has 0 amide bonds. The summed E-state index contributed by atoms with van der Waals surface area (Å²) >= 11 is 0. The second-order valence-electron chi connectivity index (χ2n) is 7.52. The molecular formula is C26H23N5O. The highest BCUT2D eigenvalue weighted by Crippen LogP contribution is 2.31. The largest absolute Gasteiger partial charge is 0.496 e. The summed E-state index contributed by atoms with van der Waals surface area (Å²) in [6.07, 6.45) is 1.80. The zero-order valence-corrected chi connectivity index (χ0v) is 17.9. The Kier molecular flexibility index (Phi) is 5.25. The van der Waals surface area contributed by atoms with E-state index in [2.05, 4.69) is 29.4 Å². The Hall–Kier alpha value is -4.19. The van der Waals surface area contributed by atoms with E-state index in [9.17, 15) is 0 Å². The number of para-hydroxylation sites is 3. The molecule has 1 atom stereocenters. The summed E-state index contributed by atoms with van der Waals surface area (Å²) in [5.74, 6) is 2.03. The second kappa shape index (κ2) is 8.51. The lowest BCUT2D eigenvalue weighted by Crippen LogP contribution is -2.11. The maximum atomic E-state index is 5.59. The molecule has 0 bridgehead atoms. The van der Waals surface area contributed by atoms with E-state index >= 15 is 0 Å². The predicted molar refractivity (Wildman–Crippen MR) is 127 cm³/mol. The maximum absolute atomic E-state index is 5.59. The third kappa shape index (κ3) is 3.78. The van der Waals surface area contributed by atoms with Crippen molar-refractivity contribution >= 4 is 17.0 Å². The van der Waals surface area contributed by atoms with Crippen LogP contribution in [0.2, 0.25) is 0 Å². The first kappa shape index (κ1) is 19.8. The number of anilines is 1. The molecule has 5 rings (SSSR count). The van der Waals surface area contributed by atoms with Gasteiger partial charge in [0, 0.05) is 11.6 Å². The molecule has 0 spiro atoms. The number of hydrogen-bond donors (Lipinski definition) is 1. The number of ether oxygens (including phenoxy) is 1. The average Bonchev–Trinajstić information content (AvgIpc) is 3.28. The molecule has 6 nitrogen and oxygen atoms in total. The summed E-state index contributed by atoms with van der Waals surface area (Å²) in [5.41, 5.74) is 4.73. The van der Waals surface area contributed by atoms with Crippen LogP contribution >= 0.6 is 0 Å². The molecule has 5 aromatic rings. The average molecular weight is 422 g/mol. The highest BCUT2D eigenvalue weighted by molar-refractivity contribution is 5.77. The van der Waals surface area contributed by atoms with Gasteiger partial charge in [-0.25, -0.2) is 9.97 Å². The molecule has 6 heteroatoms. The van der Waals surface area contributed by atoms with Gasteiger partial charge in [0.15, 0.2) is 0 Å². The number of aromatic nitrogens is 4. The van der Waals surface area contributed by atoms with Crippen molar-refractivity contribution in [1.29, 1.82) is 0 Å². The summed E-state index contributed by atoms with van der Waals surface area (Å²) in [6.45, 7) is 2.10. The normalized spacial score (nSPS) is 11.9. The number of fused-ring (bicyclic) bond motifs is 1. The van der Waals surface area contributed by atoms with Gasteiger partial charge in [-0.1, -0.05) is 54.6 Å². The van der Waals surface area contributed by atoms with Crippen molar-refractivity contribution in [2.45, 2.75) is 13.0 Å². The van der Waals surface area contributed by atoms with Crippen molar-refractivity contribution < 1.29 is 4.74 Å². The van der Waals surface area contributed by atoms with Gasteiger partial charge in [0.05, 0.1) is 29.9 Å². The first-order valence-electron chi connectivity index (χ1n) is 10.5. The minimum absolute atomic E-state index is 0.0384. The molecule has 0 fully saturated rings. The van der Waals surface area contributed by atoms with Gasteiger partial charge < -0.3 is 10.1 Å². The SMILES string of the molecule is COc1ccccc1-c1cc(-n2cnc3ccccc32)nc(NC(C)c2ccccc2)n1. The number of nitrogens with zero attached hydrogens (tertiary/aromatic N) is 4. The summed E-state index contributed by atoms with van der Waals surface area (Å²) in [7, 11) is 1.67. The fourth-order valence-electron chi connectivity index (χ4n) is 3.78. The van der Waals surface area contributed by atoms with E-state index in [1.807, 2.05) is 77.4 Å². The topological polar surface area (TPSA) is 64.9 Å². The quantitative estimate of drug-likeness (QED) is 0.383. The van der Waals surface area contributed by atoms with Crippen molar-refractivity contribution in [3.63, 3.8) is 0 Å². The molecule has 0 aliphatic heterocycles. The lowest BCUT2D eigenvalue weighted by atomic mass is 10.1. The molecule has 0 saturated carbocycles. The fourth-order valence-corrected chi connectivity index (χ4v) is 3.78. The molecule has 3 aromatic carbocycles. The molecule has 0 aliphatic carbocycles. The lowest BCUT2D eigenvalue weighted by Gasteiger charge is -2.17. The van der Waals surface area contributed by atoms with Gasteiger partial charge in [0.1, 0.15) is 17.9 Å². The van der Waals surface area contributed by atoms with Crippen LogP contribution in [0.15, 0.2) is 91.3 Å². The van der Waals surface area contributed by atoms with E-state index in [1.54, 1.807) is 13.4 Å². The molecule has 2 heterocycles. The van der Waals surface area contributed by atoms with Gasteiger partial charge in [-0.05, 0) is 36.8 Å². The van der Waals surface area contributed by atoms with Crippen LogP contribution in [-0.4, -0.2) is 26.6 Å². The van der Waals surface area contributed by atoms with Crippen LogP contribution in [0.4, 0.5) is 5.95 Å². The highest BCUT2D eigenvalue weighted by Gasteiger charge is 2.15. The van der Waals surface area contributed by atoms with Gasteiger partial charge in [0.2, 0.25) is 5.95 Å². The first-order chi connectivity index (χ1) is 15.7. The Morgan fingerprint density at radius 2 is 1.62 bits per heavy atom. The summed E-state index contributed by atoms with van der Waals surface area (Å²) < 4.78 is 7.57. The first-order valence-corrected chi connectivity index (χ1v) is 10.5. The number of methoxy groups -OCH3 is 1. The number of hydrogen-bond acceptors (Lipinski definition) is 5. The van der Waals surface area contributed by atoms with Gasteiger partial charge in [-0.15, -0.1) is 0 Å². The van der Waals surface area contributed by atoms with E-state index in [0.717, 1.165) is 39.4 Å². The van der Waals surface area contributed by atoms with Crippen LogP contribution < -0.4 is 10.1 Å². The number of nitrogens with one attached hydrogen (secondary N) is 1. The van der Waals surface area contributed by atoms with Crippen LogP contribution in [0.1, 0.15) is 18.5 Å². The maximum Gasteiger partial charge on any atom is 0.225 e. The van der Waals surface area contributed by atoms with Crippen LogP contribution in [0.25, 0.3) is 28.1 Å². The van der Waals surface area contributed by atoms with E-state index in [-0.39, 0.29) is 6.04 Å². The molecule has 1 unspecified atom stereocenters. The molecular weight excluding hydrogens is 398 g/mol. The summed E-state index contributed by atoms with van der Waals surface area (Å²) in [5, 5.41) is 3.46. The van der Waals surface area contributed by atoms with E-state index < -0.39 is 0 Å². The number of benzene rings is 3. The Morgan fingerprint density at radius 1 is 0.875 bits per heavy atom. The fraction of sp³-hybridized carbons (Fsp3) is 0.115. The molecule has 0 saturated heterocycles. The molecule has 1 N–H and O–H groups in total. The highest BCUT2D eigenvalue weighted by atomic mass is 16.5. The summed E-state index contributed by atoms with van der Waals surface area (Å²) in [6, 6.07) is 28.1. The van der Waals surface area contributed by atoms with Gasteiger partial charge in [0.25, 0.3) is 0 Å². The van der Waals surface area contributed by atoms with Crippen LogP contribution in [0.5, 0.6) is 5.75 Å². The van der Waals surface area contributed by atoms with E-state index in [4.69, 9.17) is 14.7 Å². The minimum atomic E-state index is 0.0384. The smallest absolute Gasteiger partial charge is 0.225 e. The van der Waals surface area contributed by atoms with Crippen LogP contribution in [-0.2, 0) is 0 Å². The standard InChI is InChI=1S/C26H23N5O/c1-18(19-10-4-3-5-11-19)28-26-29-22(20-12-6-9-15-24(20)32-2)16-25(30-26)31-17-27-21-13-7-8-14-23(21)31/h3-18H,1-2H3,(H,28,29,30). The Bertz CT molecular complexity index is 1360. The Labute approximate surface area is 186 Å². The molecule has 0 radical (unpaired) electrons. The lowest BCUT2D eigenvalue weighted by molar-refractivity contribution is 0.416. The minimum Gasteiger partial charge on any atom is -0.496 e. The van der Waals surface area contributed by atoms with Crippen LogP contribution in [0.3, 0.4) is 0 Å². The van der Waals surface area contributed by atoms with E-state index in [0.29, 0.717) is 5.95 Å². The zero-order valence-electron chi connectivity index (χ0n) is 17.9. The van der Waals surface area contributed by atoms with Gasteiger partial charge in [-0.3, -0.25) is 4.57 Å². The van der Waals surface area contributed by atoms with Gasteiger partial charge in [-0.2, -0.15) is 4.98 Å². The zero-order chi connectivity index (χ0) is 21.9. The molecule has 32 heavy (non-hydrogen) atoms.